The molecule has 2 atom stereocenters. The molecule has 1 saturated heterocycles. The second-order valence-electron chi connectivity index (χ2n) is 5.53. The van der Waals surface area contributed by atoms with Crippen LogP contribution in [0.15, 0.2) is 0 Å². The zero-order valence-electron chi connectivity index (χ0n) is 10.4. The van der Waals surface area contributed by atoms with Crippen molar-refractivity contribution in [3.05, 3.63) is 0 Å². The monoisotopic (exact) mass is 225 g/mol. The van der Waals surface area contributed by atoms with Gasteiger partial charge in [-0.05, 0) is 39.9 Å². The van der Waals surface area contributed by atoms with E-state index in [1.807, 2.05) is 19.0 Å². The maximum atomic E-state index is 11.6. The third kappa shape index (κ3) is 2.38. The van der Waals surface area contributed by atoms with Crippen LogP contribution in [-0.4, -0.2) is 50.6 Å². The number of rotatable bonds is 4. The first-order valence-corrected chi connectivity index (χ1v) is 6.27. The molecule has 4 nitrogen and oxygen atoms in total. The summed E-state index contributed by atoms with van der Waals surface area (Å²) in [6.45, 7) is 2.47. The molecule has 0 bridgehead atoms. The first kappa shape index (κ1) is 11.9. The highest BCUT2D eigenvalue weighted by atomic mass is 16.2. The molecule has 2 fully saturated rings. The average molecular weight is 225 g/mol. The molecule has 4 heteroatoms. The van der Waals surface area contributed by atoms with Crippen LogP contribution in [-0.2, 0) is 4.79 Å². The van der Waals surface area contributed by atoms with Crippen LogP contribution in [0, 0.1) is 5.41 Å². The molecular weight excluding hydrogens is 202 g/mol. The Morgan fingerprint density at radius 2 is 2.31 bits per heavy atom. The van der Waals surface area contributed by atoms with E-state index in [0.29, 0.717) is 18.0 Å². The van der Waals surface area contributed by atoms with Gasteiger partial charge in [-0.3, -0.25) is 4.79 Å². The highest BCUT2D eigenvalue weighted by Crippen LogP contribution is 2.43. The zero-order valence-corrected chi connectivity index (χ0v) is 10.4. The predicted molar refractivity (Wildman–Crippen MR) is 64.3 cm³/mol. The number of nitrogens with one attached hydrogen (secondary N) is 2. The maximum absolute atomic E-state index is 11.6. The number of hydrogen-bond acceptors (Lipinski definition) is 3. The summed E-state index contributed by atoms with van der Waals surface area (Å²) in [6, 6.07) is 0.646. The quantitative estimate of drug-likeness (QED) is 0.718. The van der Waals surface area contributed by atoms with E-state index in [1.165, 1.54) is 25.7 Å². The van der Waals surface area contributed by atoms with Gasteiger partial charge in [0.25, 0.3) is 0 Å². The van der Waals surface area contributed by atoms with Gasteiger partial charge in [0.1, 0.15) is 0 Å². The molecule has 0 aromatic carbocycles. The van der Waals surface area contributed by atoms with Crippen molar-refractivity contribution in [3.63, 3.8) is 0 Å². The van der Waals surface area contributed by atoms with Crippen LogP contribution < -0.4 is 10.6 Å². The van der Waals surface area contributed by atoms with Crippen LogP contribution in [0.3, 0.4) is 0 Å². The second-order valence-corrected chi connectivity index (χ2v) is 5.53. The summed E-state index contributed by atoms with van der Waals surface area (Å²) in [4.78, 5) is 13.5. The Labute approximate surface area is 97.8 Å². The lowest BCUT2D eigenvalue weighted by atomic mass is 9.82. The highest BCUT2D eigenvalue weighted by Gasteiger charge is 2.45. The number of carbonyl (C=O) groups excluding carboxylic acids is 1. The van der Waals surface area contributed by atoms with Gasteiger partial charge in [0, 0.05) is 18.0 Å². The summed E-state index contributed by atoms with van der Waals surface area (Å²) in [7, 11) is 3.85. The standard InChI is InChI=1S/C12H23N3O/c1-15(2)8-11(16)14-9-12-5-3-4-10(12)13-7-6-12/h10,13H,3-9H2,1-2H3,(H,14,16)/t10-,12-/m1/s1. The van der Waals surface area contributed by atoms with Crippen molar-refractivity contribution in [3.8, 4) is 0 Å². The van der Waals surface area contributed by atoms with Crippen molar-refractivity contribution in [2.45, 2.75) is 31.7 Å². The zero-order chi connectivity index (χ0) is 11.6. The molecule has 1 amide bonds. The van der Waals surface area contributed by atoms with Gasteiger partial charge < -0.3 is 15.5 Å². The van der Waals surface area contributed by atoms with E-state index in [4.69, 9.17) is 0 Å². The fraction of sp³-hybridized carbons (Fsp3) is 0.917. The van der Waals surface area contributed by atoms with E-state index < -0.39 is 0 Å². The largest absolute Gasteiger partial charge is 0.354 e. The number of amides is 1. The second kappa shape index (κ2) is 4.72. The van der Waals surface area contributed by atoms with Crippen LogP contribution in [0.5, 0.6) is 0 Å². The molecule has 16 heavy (non-hydrogen) atoms. The normalized spacial score (nSPS) is 33.1. The summed E-state index contributed by atoms with van der Waals surface area (Å²) in [6.07, 6.45) is 5.08. The van der Waals surface area contributed by atoms with Crippen LogP contribution in [0.1, 0.15) is 25.7 Å². The molecule has 1 heterocycles. The molecule has 0 aromatic rings. The Hall–Kier alpha value is -0.610. The molecule has 0 radical (unpaired) electrons. The first-order valence-electron chi connectivity index (χ1n) is 6.27. The predicted octanol–water partition coefficient (Wildman–Crippen LogP) is 0.196. The van der Waals surface area contributed by atoms with Gasteiger partial charge in [0.15, 0.2) is 0 Å². The molecule has 92 valence electrons. The summed E-state index contributed by atoms with van der Waals surface area (Å²) < 4.78 is 0. The molecule has 1 saturated carbocycles. The summed E-state index contributed by atoms with van der Waals surface area (Å²) in [5.74, 6) is 0.150. The van der Waals surface area contributed by atoms with E-state index in [2.05, 4.69) is 10.6 Å². The van der Waals surface area contributed by atoms with E-state index >= 15 is 0 Å². The molecule has 2 rings (SSSR count). The molecule has 1 aliphatic heterocycles. The van der Waals surface area contributed by atoms with Gasteiger partial charge in [-0.15, -0.1) is 0 Å². The van der Waals surface area contributed by atoms with E-state index in [9.17, 15) is 4.79 Å². The first-order chi connectivity index (χ1) is 7.62. The van der Waals surface area contributed by atoms with Crippen molar-refractivity contribution in [1.82, 2.24) is 15.5 Å². The third-order valence-electron chi connectivity index (χ3n) is 4.02. The molecule has 1 aliphatic carbocycles. The Bertz CT molecular complexity index is 255. The summed E-state index contributed by atoms with van der Waals surface area (Å²) in [5.41, 5.74) is 0.363. The SMILES string of the molecule is CN(C)CC(=O)NC[C@]12CCC[C@H]1NCC2. The van der Waals surface area contributed by atoms with Crippen LogP contribution in [0.4, 0.5) is 0 Å². The number of likely N-dealkylation sites (N-methyl/N-ethyl adjacent to an activating group) is 1. The van der Waals surface area contributed by atoms with Crippen molar-refractivity contribution < 1.29 is 4.79 Å². The van der Waals surface area contributed by atoms with Crippen LogP contribution >= 0.6 is 0 Å². The number of hydrogen-bond donors (Lipinski definition) is 2. The smallest absolute Gasteiger partial charge is 0.234 e. The fourth-order valence-corrected chi connectivity index (χ4v) is 3.17. The van der Waals surface area contributed by atoms with E-state index in [1.54, 1.807) is 0 Å². The van der Waals surface area contributed by atoms with Gasteiger partial charge in [0.05, 0.1) is 6.54 Å². The molecule has 2 aliphatic rings. The van der Waals surface area contributed by atoms with Gasteiger partial charge in [-0.2, -0.15) is 0 Å². The molecule has 0 aromatic heterocycles. The number of carbonyl (C=O) groups is 1. The van der Waals surface area contributed by atoms with E-state index in [-0.39, 0.29) is 5.91 Å². The number of fused-ring (bicyclic) bond motifs is 1. The van der Waals surface area contributed by atoms with Crippen molar-refractivity contribution in [2.24, 2.45) is 5.41 Å². The average Bonchev–Trinajstić information content (AvgIpc) is 2.71. The van der Waals surface area contributed by atoms with Crippen molar-refractivity contribution >= 4 is 5.91 Å². The Morgan fingerprint density at radius 1 is 1.50 bits per heavy atom. The third-order valence-corrected chi connectivity index (χ3v) is 4.02. The Morgan fingerprint density at radius 3 is 3.06 bits per heavy atom. The molecular formula is C12H23N3O. The fourth-order valence-electron chi connectivity index (χ4n) is 3.17. The van der Waals surface area contributed by atoms with E-state index in [0.717, 1.165) is 13.1 Å². The van der Waals surface area contributed by atoms with Crippen LogP contribution in [0.2, 0.25) is 0 Å². The summed E-state index contributed by atoms with van der Waals surface area (Å²) in [5, 5.41) is 6.66. The van der Waals surface area contributed by atoms with Crippen molar-refractivity contribution in [2.75, 3.05) is 33.7 Å². The van der Waals surface area contributed by atoms with Gasteiger partial charge in [-0.1, -0.05) is 6.42 Å². The van der Waals surface area contributed by atoms with Gasteiger partial charge in [-0.25, -0.2) is 0 Å². The molecule has 2 N–H and O–H groups in total. The van der Waals surface area contributed by atoms with Gasteiger partial charge >= 0.3 is 0 Å². The lowest BCUT2D eigenvalue weighted by molar-refractivity contribution is -0.122. The minimum atomic E-state index is 0.150. The number of nitrogens with zero attached hydrogens (tertiary/aromatic N) is 1. The molecule has 0 unspecified atom stereocenters. The highest BCUT2D eigenvalue weighted by molar-refractivity contribution is 5.78. The topological polar surface area (TPSA) is 44.4 Å². The maximum Gasteiger partial charge on any atom is 0.234 e. The van der Waals surface area contributed by atoms with Gasteiger partial charge in [0.2, 0.25) is 5.91 Å². The minimum Gasteiger partial charge on any atom is -0.354 e. The minimum absolute atomic E-state index is 0.150. The Kier molecular flexibility index (Phi) is 3.50. The lowest BCUT2D eigenvalue weighted by Gasteiger charge is -2.29. The van der Waals surface area contributed by atoms with Crippen LogP contribution in [0.25, 0.3) is 0 Å². The Balaban J connectivity index is 1.82. The van der Waals surface area contributed by atoms with Crippen molar-refractivity contribution in [1.29, 1.82) is 0 Å². The molecule has 0 spiro atoms. The lowest BCUT2D eigenvalue weighted by Crippen LogP contribution is -2.44. The summed E-state index contributed by atoms with van der Waals surface area (Å²) >= 11 is 0.